The Morgan fingerprint density at radius 2 is 2.09 bits per heavy atom. The first-order valence-corrected chi connectivity index (χ1v) is 13.0. The van der Waals surface area contributed by atoms with Gasteiger partial charge in [-0.1, -0.05) is 51.1 Å². The van der Waals surface area contributed by atoms with Crippen LogP contribution in [0.1, 0.15) is 87.8 Å². The van der Waals surface area contributed by atoms with Crippen molar-refractivity contribution < 1.29 is 9.18 Å². The van der Waals surface area contributed by atoms with Crippen LogP contribution in [-0.2, 0) is 11.2 Å². The number of halogens is 1. The minimum Gasteiger partial charge on any atom is -0.311 e. The van der Waals surface area contributed by atoms with Crippen LogP contribution >= 0.6 is 0 Å². The number of nitrogens with zero attached hydrogens (tertiary/aromatic N) is 1. The third-order valence-electron chi connectivity index (χ3n) is 9.26. The first-order chi connectivity index (χ1) is 16.3. The highest BCUT2D eigenvalue weighted by atomic mass is 19.1. The van der Waals surface area contributed by atoms with E-state index in [2.05, 4.69) is 43.7 Å². The summed E-state index contributed by atoms with van der Waals surface area (Å²) in [7, 11) is 0. The normalized spacial score (nSPS) is 30.0. The second-order valence-electron chi connectivity index (χ2n) is 11.4. The number of benzene rings is 1. The molecule has 0 radical (unpaired) electrons. The van der Waals surface area contributed by atoms with Crippen LogP contribution in [0.25, 0.3) is 0 Å². The van der Waals surface area contributed by atoms with Crippen LogP contribution in [0.4, 0.5) is 10.2 Å². The molecule has 180 valence electrons. The summed E-state index contributed by atoms with van der Waals surface area (Å²) >= 11 is 0. The molecule has 1 aromatic heterocycles. The number of hydrogen-bond donors (Lipinski definition) is 1. The molecule has 0 spiro atoms. The molecular formula is C30H37FN2O. The third kappa shape index (κ3) is 3.99. The Morgan fingerprint density at radius 3 is 2.82 bits per heavy atom. The van der Waals surface area contributed by atoms with Crippen molar-refractivity contribution in [2.75, 3.05) is 5.32 Å². The number of aromatic nitrogens is 1. The highest BCUT2D eigenvalue weighted by molar-refractivity contribution is 5.89. The molecule has 2 fully saturated rings. The Bertz CT molecular complexity index is 1090. The maximum atomic E-state index is 14.5. The second-order valence-corrected chi connectivity index (χ2v) is 11.4. The number of fused-ring (bicyclic) bond motifs is 5. The molecule has 2 aromatic rings. The monoisotopic (exact) mass is 460 g/mol. The van der Waals surface area contributed by atoms with E-state index in [0.717, 1.165) is 44.1 Å². The van der Waals surface area contributed by atoms with Crippen molar-refractivity contribution in [1.82, 2.24) is 4.98 Å². The summed E-state index contributed by atoms with van der Waals surface area (Å²) in [4.78, 5) is 17.2. The largest absolute Gasteiger partial charge is 0.311 e. The molecule has 3 unspecified atom stereocenters. The number of nitrogens with one attached hydrogen (secondary N) is 1. The first-order valence-electron chi connectivity index (χ1n) is 13.0. The molecule has 34 heavy (non-hydrogen) atoms. The van der Waals surface area contributed by atoms with Crippen molar-refractivity contribution in [3.8, 4) is 0 Å². The Hall–Kier alpha value is -2.49. The van der Waals surface area contributed by atoms with Crippen LogP contribution in [0.2, 0.25) is 0 Å². The predicted octanol–water partition coefficient (Wildman–Crippen LogP) is 7.40. The Balaban J connectivity index is 1.29. The van der Waals surface area contributed by atoms with Crippen molar-refractivity contribution >= 4 is 11.7 Å². The van der Waals surface area contributed by atoms with Gasteiger partial charge in [0, 0.05) is 12.6 Å². The van der Waals surface area contributed by atoms with Crippen LogP contribution in [0.15, 0.2) is 48.7 Å². The van der Waals surface area contributed by atoms with E-state index in [4.69, 9.17) is 0 Å². The van der Waals surface area contributed by atoms with E-state index < -0.39 is 0 Å². The Morgan fingerprint density at radius 1 is 1.26 bits per heavy atom. The van der Waals surface area contributed by atoms with Crippen LogP contribution in [0.3, 0.4) is 0 Å². The molecule has 1 amide bonds. The number of pyridine rings is 1. The van der Waals surface area contributed by atoms with E-state index in [1.54, 1.807) is 6.07 Å². The van der Waals surface area contributed by atoms with Gasteiger partial charge in [-0.2, -0.15) is 0 Å². The lowest BCUT2D eigenvalue weighted by Gasteiger charge is -2.51. The molecule has 2 saturated carbocycles. The first kappa shape index (κ1) is 23.3. The fourth-order valence-corrected chi connectivity index (χ4v) is 7.41. The van der Waals surface area contributed by atoms with Crippen LogP contribution in [-0.4, -0.2) is 10.9 Å². The molecule has 4 heteroatoms. The number of rotatable bonds is 5. The van der Waals surface area contributed by atoms with Gasteiger partial charge in [0.25, 0.3) is 0 Å². The lowest BCUT2D eigenvalue weighted by atomic mass is 9.53. The molecule has 5 rings (SSSR count). The van der Waals surface area contributed by atoms with Crippen molar-refractivity contribution in [2.24, 2.45) is 23.2 Å². The van der Waals surface area contributed by atoms with Crippen LogP contribution in [0, 0.1) is 29.0 Å². The average molecular weight is 461 g/mol. The van der Waals surface area contributed by atoms with Crippen molar-refractivity contribution in [3.05, 3.63) is 71.2 Å². The Labute approximate surface area is 203 Å². The van der Waals surface area contributed by atoms with Gasteiger partial charge in [-0.05, 0) is 102 Å². The molecule has 5 atom stereocenters. The molecule has 1 N–H and O–H groups in total. The fraction of sp³-hybridized carbons (Fsp3) is 0.533. The SMILES string of the molecule is C=C1C[C@@H](CCC(=O)Nc2ccc(C(C)C)cn2)C2C3CCc4c(F)cccc4C3CC[C@]12C. The lowest BCUT2D eigenvalue weighted by Crippen LogP contribution is -2.42. The number of carbonyl (C=O) groups excluding carboxylic acids is 1. The van der Waals surface area contributed by atoms with E-state index >= 15 is 0 Å². The van der Waals surface area contributed by atoms with Gasteiger partial charge in [0.2, 0.25) is 5.91 Å². The summed E-state index contributed by atoms with van der Waals surface area (Å²) in [5.41, 5.74) is 4.85. The summed E-state index contributed by atoms with van der Waals surface area (Å²) in [5.74, 6) is 3.00. The van der Waals surface area contributed by atoms with E-state index in [-0.39, 0.29) is 17.1 Å². The van der Waals surface area contributed by atoms with Crippen LogP contribution in [0.5, 0.6) is 0 Å². The van der Waals surface area contributed by atoms with Gasteiger partial charge in [-0.15, -0.1) is 0 Å². The van der Waals surface area contributed by atoms with Gasteiger partial charge < -0.3 is 5.32 Å². The number of hydrogen-bond acceptors (Lipinski definition) is 2. The second kappa shape index (κ2) is 8.94. The number of amides is 1. The predicted molar refractivity (Wildman–Crippen MR) is 135 cm³/mol. The van der Waals surface area contributed by atoms with E-state index in [9.17, 15) is 9.18 Å². The fourth-order valence-electron chi connectivity index (χ4n) is 7.41. The summed E-state index contributed by atoms with van der Waals surface area (Å²) in [6.45, 7) is 11.2. The average Bonchev–Trinajstić information content (AvgIpc) is 3.08. The Kier molecular flexibility index (Phi) is 6.12. The molecular weight excluding hydrogens is 423 g/mol. The molecule has 3 aliphatic rings. The zero-order valence-electron chi connectivity index (χ0n) is 20.7. The molecule has 0 saturated heterocycles. The molecule has 0 aliphatic heterocycles. The van der Waals surface area contributed by atoms with Crippen molar-refractivity contribution in [1.29, 1.82) is 0 Å². The molecule has 1 aromatic carbocycles. The van der Waals surface area contributed by atoms with E-state index in [1.807, 2.05) is 24.4 Å². The van der Waals surface area contributed by atoms with Gasteiger partial charge in [0.1, 0.15) is 11.6 Å². The zero-order valence-corrected chi connectivity index (χ0v) is 20.7. The lowest BCUT2D eigenvalue weighted by molar-refractivity contribution is -0.116. The molecule has 3 nitrogen and oxygen atoms in total. The van der Waals surface area contributed by atoms with Gasteiger partial charge in [0.05, 0.1) is 0 Å². The van der Waals surface area contributed by atoms with E-state index in [0.29, 0.717) is 41.8 Å². The zero-order chi connectivity index (χ0) is 24.0. The number of allylic oxidation sites excluding steroid dienone is 1. The van der Waals surface area contributed by atoms with Gasteiger partial charge >= 0.3 is 0 Å². The third-order valence-corrected chi connectivity index (χ3v) is 9.26. The standard InChI is InChI=1S/C30H37FN2O/c1-18(2)21-8-12-27(32-17-21)33-28(34)13-9-20-16-19(3)30(4)15-14-23-22-6-5-7-26(31)24(22)10-11-25(23)29(20)30/h5-8,12,17-18,20,23,25,29H,3,9-11,13-16H2,1-2,4H3,(H,32,33,34)/t20-,23?,25?,29?,30-/m1/s1. The number of anilines is 1. The summed E-state index contributed by atoms with van der Waals surface area (Å²) in [5, 5.41) is 2.99. The van der Waals surface area contributed by atoms with Gasteiger partial charge in [0.15, 0.2) is 0 Å². The minimum absolute atomic E-state index is 0.0347. The molecule has 1 heterocycles. The number of carbonyl (C=O) groups is 1. The summed E-state index contributed by atoms with van der Waals surface area (Å²) < 4.78 is 14.5. The minimum atomic E-state index is -0.0385. The highest BCUT2D eigenvalue weighted by Crippen LogP contribution is 2.65. The maximum absolute atomic E-state index is 14.5. The van der Waals surface area contributed by atoms with Gasteiger partial charge in [-0.25, -0.2) is 9.37 Å². The highest BCUT2D eigenvalue weighted by Gasteiger charge is 2.55. The van der Waals surface area contributed by atoms with E-state index in [1.165, 1.54) is 16.7 Å². The molecule has 0 bridgehead atoms. The maximum Gasteiger partial charge on any atom is 0.225 e. The summed E-state index contributed by atoms with van der Waals surface area (Å²) in [6.07, 6.45) is 8.32. The van der Waals surface area contributed by atoms with Crippen molar-refractivity contribution in [2.45, 2.75) is 77.6 Å². The summed E-state index contributed by atoms with van der Waals surface area (Å²) in [6, 6.07) is 9.57. The quantitative estimate of drug-likeness (QED) is 0.472. The van der Waals surface area contributed by atoms with Crippen molar-refractivity contribution in [3.63, 3.8) is 0 Å². The smallest absolute Gasteiger partial charge is 0.225 e. The van der Waals surface area contributed by atoms with Gasteiger partial charge in [-0.3, -0.25) is 4.79 Å². The van der Waals surface area contributed by atoms with Crippen LogP contribution < -0.4 is 5.32 Å². The molecule has 3 aliphatic carbocycles. The topological polar surface area (TPSA) is 42.0 Å².